The van der Waals surface area contributed by atoms with Crippen molar-refractivity contribution in [2.45, 2.75) is 26.7 Å². The minimum Gasteiger partial charge on any atom is -0.419 e. The number of aryl methyl sites for hydroxylation is 2. The third-order valence-electron chi connectivity index (χ3n) is 2.13. The van der Waals surface area contributed by atoms with Crippen molar-refractivity contribution < 1.29 is 4.74 Å². The molecule has 90 valence electrons. The van der Waals surface area contributed by atoms with Gasteiger partial charge in [0.15, 0.2) is 0 Å². The topological polar surface area (TPSA) is 89.7 Å². The molecule has 0 fully saturated rings. The maximum atomic E-state index is 5.69. The van der Waals surface area contributed by atoms with E-state index < -0.39 is 0 Å². The van der Waals surface area contributed by atoms with E-state index in [1.165, 1.54) is 0 Å². The zero-order valence-corrected chi connectivity index (χ0v) is 9.90. The second-order valence-electron chi connectivity index (χ2n) is 3.79. The average Bonchev–Trinajstić information content (AvgIpc) is 2.63. The van der Waals surface area contributed by atoms with Crippen molar-refractivity contribution in [1.29, 1.82) is 0 Å². The van der Waals surface area contributed by atoms with Gasteiger partial charge in [-0.2, -0.15) is 4.98 Å². The molecular formula is C11H15N5O. The number of anilines is 1. The molecule has 0 aromatic carbocycles. The Hall–Kier alpha value is -2.11. The summed E-state index contributed by atoms with van der Waals surface area (Å²) in [5.41, 5.74) is 6.62. The number of nitrogens with two attached hydrogens (primary N) is 1. The van der Waals surface area contributed by atoms with Gasteiger partial charge < -0.3 is 10.5 Å². The van der Waals surface area contributed by atoms with E-state index in [9.17, 15) is 0 Å². The van der Waals surface area contributed by atoms with Gasteiger partial charge in [-0.1, -0.05) is 6.92 Å². The highest BCUT2D eigenvalue weighted by atomic mass is 16.5. The number of nitrogens with zero attached hydrogens (tertiary/aromatic N) is 3. The van der Waals surface area contributed by atoms with Gasteiger partial charge in [0.25, 0.3) is 0 Å². The monoisotopic (exact) mass is 233 g/mol. The average molecular weight is 233 g/mol. The molecule has 0 aliphatic rings. The number of hydrogen-bond donors (Lipinski definition) is 2. The first-order chi connectivity index (χ1) is 8.17. The van der Waals surface area contributed by atoms with Crippen LogP contribution >= 0.6 is 0 Å². The Balaban J connectivity index is 2.20. The van der Waals surface area contributed by atoms with Crippen LogP contribution in [0.15, 0.2) is 12.1 Å². The SMILES string of the molecule is CCCc1nc(N)cc(Oc2cc(C)[nH]n2)n1. The minimum absolute atomic E-state index is 0.408. The molecule has 17 heavy (non-hydrogen) atoms. The lowest BCUT2D eigenvalue weighted by atomic mass is 10.3. The van der Waals surface area contributed by atoms with E-state index in [1.54, 1.807) is 12.1 Å². The fourth-order valence-corrected chi connectivity index (χ4v) is 1.43. The van der Waals surface area contributed by atoms with E-state index in [2.05, 4.69) is 27.1 Å². The molecule has 0 saturated carbocycles. The summed E-state index contributed by atoms with van der Waals surface area (Å²) in [4.78, 5) is 8.39. The number of aromatic nitrogens is 4. The van der Waals surface area contributed by atoms with Gasteiger partial charge in [-0.25, -0.2) is 4.98 Å². The normalized spacial score (nSPS) is 10.5. The summed E-state index contributed by atoms with van der Waals surface area (Å²) < 4.78 is 5.49. The first kappa shape index (κ1) is 11.4. The van der Waals surface area contributed by atoms with Gasteiger partial charge in [-0.15, -0.1) is 5.10 Å². The third-order valence-corrected chi connectivity index (χ3v) is 2.13. The van der Waals surface area contributed by atoms with Crippen LogP contribution in [0.3, 0.4) is 0 Å². The van der Waals surface area contributed by atoms with Crippen molar-refractivity contribution in [3.05, 3.63) is 23.7 Å². The number of rotatable bonds is 4. The van der Waals surface area contributed by atoms with Crippen LogP contribution in [0.2, 0.25) is 0 Å². The van der Waals surface area contributed by atoms with Crippen molar-refractivity contribution >= 4 is 5.82 Å². The molecule has 2 heterocycles. The quantitative estimate of drug-likeness (QED) is 0.840. The molecular weight excluding hydrogens is 218 g/mol. The molecule has 0 aliphatic heterocycles. The molecule has 2 rings (SSSR count). The van der Waals surface area contributed by atoms with Crippen molar-refractivity contribution in [3.8, 4) is 11.8 Å². The number of H-pyrrole nitrogens is 1. The molecule has 0 aliphatic carbocycles. The Kier molecular flexibility index (Phi) is 3.22. The van der Waals surface area contributed by atoms with E-state index in [0.717, 1.165) is 18.5 Å². The Morgan fingerprint density at radius 3 is 2.76 bits per heavy atom. The Bertz CT molecular complexity index is 508. The van der Waals surface area contributed by atoms with Crippen molar-refractivity contribution in [3.63, 3.8) is 0 Å². The van der Waals surface area contributed by atoms with Crippen LogP contribution in [0.5, 0.6) is 11.8 Å². The van der Waals surface area contributed by atoms with Crippen LogP contribution in [0.1, 0.15) is 24.9 Å². The Labute approximate surface area is 99.2 Å². The summed E-state index contributed by atoms with van der Waals surface area (Å²) in [6, 6.07) is 3.38. The molecule has 2 aromatic rings. The van der Waals surface area contributed by atoms with Gasteiger partial charge in [-0.3, -0.25) is 5.10 Å². The lowest BCUT2D eigenvalue weighted by Crippen LogP contribution is -2.01. The lowest BCUT2D eigenvalue weighted by Gasteiger charge is -2.04. The highest BCUT2D eigenvalue weighted by molar-refractivity contribution is 5.34. The molecule has 0 spiro atoms. The summed E-state index contributed by atoms with van der Waals surface area (Å²) in [7, 11) is 0. The fraction of sp³-hybridized carbons (Fsp3) is 0.364. The number of aromatic amines is 1. The number of nitrogen functional groups attached to an aromatic ring is 1. The van der Waals surface area contributed by atoms with Gasteiger partial charge in [-0.05, 0) is 13.3 Å². The largest absolute Gasteiger partial charge is 0.419 e. The van der Waals surface area contributed by atoms with E-state index in [4.69, 9.17) is 10.5 Å². The lowest BCUT2D eigenvalue weighted by molar-refractivity contribution is 0.440. The van der Waals surface area contributed by atoms with Crippen LogP contribution in [-0.4, -0.2) is 20.2 Å². The van der Waals surface area contributed by atoms with Gasteiger partial charge in [0.1, 0.15) is 11.6 Å². The van der Waals surface area contributed by atoms with Crippen molar-refractivity contribution in [2.24, 2.45) is 0 Å². The number of nitrogens with one attached hydrogen (secondary N) is 1. The van der Waals surface area contributed by atoms with E-state index >= 15 is 0 Å². The summed E-state index contributed by atoms with van der Waals surface area (Å²) in [5.74, 6) is 2.00. The van der Waals surface area contributed by atoms with Crippen molar-refractivity contribution in [2.75, 3.05) is 5.73 Å². The Morgan fingerprint density at radius 2 is 2.12 bits per heavy atom. The number of ether oxygens (including phenoxy) is 1. The van der Waals surface area contributed by atoms with E-state index in [-0.39, 0.29) is 0 Å². The fourth-order valence-electron chi connectivity index (χ4n) is 1.43. The highest BCUT2D eigenvalue weighted by Crippen LogP contribution is 2.19. The molecule has 0 amide bonds. The molecule has 0 atom stereocenters. The molecule has 6 nitrogen and oxygen atoms in total. The summed E-state index contributed by atoms with van der Waals surface area (Å²) in [6.45, 7) is 3.96. The molecule has 3 N–H and O–H groups in total. The van der Waals surface area contributed by atoms with Crippen LogP contribution < -0.4 is 10.5 Å². The predicted molar refractivity (Wildman–Crippen MR) is 63.8 cm³/mol. The van der Waals surface area contributed by atoms with Gasteiger partial charge in [0, 0.05) is 24.2 Å². The summed E-state index contributed by atoms with van der Waals surface area (Å²) in [6.07, 6.45) is 1.74. The second-order valence-corrected chi connectivity index (χ2v) is 3.79. The molecule has 0 unspecified atom stereocenters. The first-order valence-electron chi connectivity index (χ1n) is 5.50. The van der Waals surface area contributed by atoms with Crippen LogP contribution in [-0.2, 0) is 6.42 Å². The van der Waals surface area contributed by atoms with Gasteiger partial charge in [0.2, 0.25) is 11.8 Å². The highest BCUT2D eigenvalue weighted by Gasteiger charge is 2.06. The maximum absolute atomic E-state index is 5.69. The molecule has 6 heteroatoms. The van der Waals surface area contributed by atoms with Crippen LogP contribution in [0.4, 0.5) is 5.82 Å². The summed E-state index contributed by atoms with van der Waals surface area (Å²) in [5, 5.41) is 6.76. The van der Waals surface area contributed by atoms with Crippen molar-refractivity contribution in [1.82, 2.24) is 20.2 Å². The Morgan fingerprint density at radius 1 is 1.29 bits per heavy atom. The maximum Gasteiger partial charge on any atom is 0.240 e. The molecule has 0 saturated heterocycles. The standard InChI is InChI=1S/C11H15N5O/c1-3-4-9-13-8(12)6-10(14-9)17-11-5-7(2)15-16-11/h5-6H,3-4H2,1-2H3,(H,15,16)(H2,12,13,14). The van der Waals surface area contributed by atoms with E-state index in [1.807, 2.05) is 6.92 Å². The zero-order chi connectivity index (χ0) is 12.3. The first-order valence-corrected chi connectivity index (χ1v) is 5.50. The van der Waals surface area contributed by atoms with E-state index in [0.29, 0.717) is 23.4 Å². The minimum atomic E-state index is 0.408. The second kappa shape index (κ2) is 4.82. The zero-order valence-electron chi connectivity index (χ0n) is 9.90. The molecule has 0 bridgehead atoms. The smallest absolute Gasteiger partial charge is 0.240 e. The van der Waals surface area contributed by atoms with Gasteiger partial charge >= 0.3 is 0 Å². The molecule has 0 radical (unpaired) electrons. The van der Waals surface area contributed by atoms with Crippen LogP contribution in [0, 0.1) is 6.92 Å². The predicted octanol–water partition coefficient (Wildman–Crippen LogP) is 1.84. The number of hydrogen-bond acceptors (Lipinski definition) is 5. The summed E-state index contributed by atoms with van der Waals surface area (Å²) >= 11 is 0. The molecule has 2 aromatic heterocycles. The third kappa shape index (κ3) is 2.93. The van der Waals surface area contributed by atoms with Gasteiger partial charge in [0.05, 0.1) is 0 Å². The van der Waals surface area contributed by atoms with Crippen LogP contribution in [0.25, 0.3) is 0 Å².